The standard InChI is InChI=1S/C14H15NO3/c1-14(2,3)13-8-7-12(18-13)10-5-4-6-11(9-10)15(16)17/h4-9H,1-3H3. The maximum absolute atomic E-state index is 10.7. The minimum Gasteiger partial charge on any atom is -0.461 e. The Bertz CT molecular complexity index is 579. The smallest absolute Gasteiger partial charge is 0.270 e. The van der Waals surface area contributed by atoms with Crippen LogP contribution in [0, 0.1) is 10.1 Å². The molecule has 2 rings (SSSR count). The molecule has 0 bridgehead atoms. The molecule has 0 saturated heterocycles. The largest absolute Gasteiger partial charge is 0.461 e. The molecule has 0 spiro atoms. The highest BCUT2D eigenvalue weighted by atomic mass is 16.6. The number of nitro groups is 1. The van der Waals surface area contributed by atoms with Gasteiger partial charge in [0.25, 0.3) is 5.69 Å². The molecule has 0 saturated carbocycles. The third-order valence-corrected chi connectivity index (χ3v) is 2.69. The molecule has 4 nitrogen and oxygen atoms in total. The molecule has 0 aliphatic carbocycles. The molecule has 0 N–H and O–H groups in total. The highest BCUT2D eigenvalue weighted by molar-refractivity contribution is 5.61. The van der Waals surface area contributed by atoms with Crippen molar-refractivity contribution in [2.24, 2.45) is 0 Å². The van der Waals surface area contributed by atoms with Crippen LogP contribution in [0.3, 0.4) is 0 Å². The van der Waals surface area contributed by atoms with E-state index in [1.165, 1.54) is 12.1 Å². The first-order chi connectivity index (χ1) is 8.38. The second-order valence-electron chi connectivity index (χ2n) is 5.22. The molecule has 18 heavy (non-hydrogen) atoms. The highest BCUT2D eigenvalue weighted by Gasteiger charge is 2.19. The van der Waals surface area contributed by atoms with Crippen molar-refractivity contribution in [3.8, 4) is 11.3 Å². The van der Waals surface area contributed by atoms with Gasteiger partial charge in [-0.15, -0.1) is 0 Å². The van der Waals surface area contributed by atoms with Crippen LogP contribution in [0.5, 0.6) is 0 Å². The van der Waals surface area contributed by atoms with Gasteiger partial charge in [-0.3, -0.25) is 10.1 Å². The van der Waals surface area contributed by atoms with Crippen LogP contribution in [0.1, 0.15) is 26.5 Å². The van der Waals surface area contributed by atoms with E-state index in [9.17, 15) is 10.1 Å². The number of nitrogens with zero attached hydrogens (tertiary/aromatic N) is 1. The molecule has 0 aliphatic heterocycles. The Morgan fingerprint density at radius 3 is 2.44 bits per heavy atom. The lowest BCUT2D eigenvalue weighted by molar-refractivity contribution is -0.384. The molecule has 1 aromatic carbocycles. The molecule has 0 atom stereocenters. The van der Waals surface area contributed by atoms with E-state index in [1.54, 1.807) is 12.1 Å². The SMILES string of the molecule is CC(C)(C)c1ccc(-c2cccc([N+](=O)[O-])c2)o1. The summed E-state index contributed by atoms with van der Waals surface area (Å²) in [6.45, 7) is 6.18. The first kappa shape index (κ1) is 12.4. The van der Waals surface area contributed by atoms with E-state index in [0.717, 1.165) is 11.3 Å². The van der Waals surface area contributed by atoms with Gasteiger partial charge in [0.15, 0.2) is 0 Å². The van der Waals surface area contributed by atoms with E-state index in [0.29, 0.717) is 5.76 Å². The van der Waals surface area contributed by atoms with E-state index in [1.807, 2.05) is 12.1 Å². The minimum absolute atomic E-state index is 0.0705. The predicted octanol–water partition coefficient (Wildman–Crippen LogP) is 4.15. The van der Waals surface area contributed by atoms with Crippen molar-refractivity contribution in [3.63, 3.8) is 0 Å². The van der Waals surface area contributed by atoms with E-state index in [-0.39, 0.29) is 11.1 Å². The van der Waals surface area contributed by atoms with Gasteiger partial charge in [-0.2, -0.15) is 0 Å². The van der Waals surface area contributed by atoms with Crippen LogP contribution in [-0.4, -0.2) is 4.92 Å². The predicted molar refractivity (Wildman–Crippen MR) is 69.5 cm³/mol. The molecule has 0 unspecified atom stereocenters. The minimum atomic E-state index is -0.406. The quantitative estimate of drug-likeness (QED) is 0.589. The first-order valence-corrected chi connectivity index (χ1v) is 5.73. The monoisotopic (exact) mass is 245 g/mol. The molecule has 1 heterocycles. The van der Waals surface area contributed by atoms with Crippen LogP contribution in [0.2, 0.25) is 0 Å². The van der Waals surface area contributed by atoms with Gasteiger partial charge in [-0.25, -0.2) is 0 Å². The van der Waals surface area contributed by atoms with Gasteiger partial charge < -0.3 is 4.42 Å². The maximum Gasteiger partial charge on any atom is 0.270 e. The van der Waals surface area contributed by atoms with E-state index in [4.69, 9.17) is 4.42 Å². The molecule has 0 radical (unpaired) electrons. The summed E-state index contributed by atoms with van der Waals surface area (Å²) in [4.78, 5) is 10.3. The van der Waals surface area contributed by atoms with Crippen LogP contribution in [-0.2, 0) is 5.41 Å². The Balaban J connectivity index is 2.40. The Morgan fingerprint density at radius 2 is 1.89 bits per heavy atom. The molecular formula is C14H15NO3. The zero-order chi connectivity index (χ0) is 13.3. The summed E-state index contributed by atoms with van der Waals surface area (Å²) < 4.78 is 5.75. The lowest BCUT2D eigenvalue weighted by atomic mass is 9.94. The second kappa shape index (κ2) is 4.29. The number of non-ortho nitro benzene ring substituents is 1. The van der Waals surface area contributed by atoms with Crippen LogP contribution in [0.15, 0.2) is 40.8 Å². The lowest BCUT2D eigenvalue weighted by Gasteiger charge is -2.14. The van der Waals surface area contributed by atoms with Gasteiger partial charge >= 0.3 is 0 Å². The molecule has 0 amide bonds. The number of hydrogen-bond donors (Lipinski definition) is 0. The van der Waals surface area contributed by atoms with Crippen LogP contribution in [0.4, 0.5) is 5.69 Å². The second-order valence-corrected chi connectivity index (χ2v) is 5.22. The van der Waals surface area contributed by atoms with Crippen molar-refractivity contribution >= 4 is 5.69 Å². The fraction of sp³-hybridized carbons (Fsp3) is 0.286. The van der Waals surface area contributed by atoms with Crippen molar-refractivity contribution in [2.45, 2.75) is 26.2 Å². The fourth-order valence-corrected chi connectivity index (χ4v) is 1.67. The van der Waals surface area contributed by atoms with E-state index >= 15 is 0 Å². The number of hydrogen-bond acceptors (Lipinski definition) is 3. The lowest BCUT2D eigenvalue weighted by Crippen LogP contribution is -2.08. The Labute approximate surface area is 105 Å². The summed E-state index contributed by atoms with van der Waals surface area (Å²) in [6.07, 6.45) is 0. The van der Waals surface area contributed by atoms with E-state index in [2.05, 4.69) is 20.8 Å². The summed E-state index contributed by atoms with van der Waals surface area (Å²) in [5.41, 5.74) is 0.722. The zero-order valence-electron chi connectivity index (χ0n) is 10.6. The summed E-state index contributed by atoms with van der Waals surface area (Å²) >= 11 is 0. The van der Waals surface area contributed by atoms with Crippen molar-refractivity contribution < 1.29 is 9.34 Å². The Morgan fingerprint density at radius 1 is 1.17 bits per heavy atom. The molecule has 1 aromatic heterocycles. The van der Waals surface area contributed by atoms with Crippen molar-refractivity contribution in [2.75, 3.05) is 0 Å². The molecular weight excluding hydrogens is 230 g/mol. The normalized spacial score (nSPS) is 11.5. The van der Waals surface area contributed by atoms with Crippen molar-refractivity contribution in [3.05, 3.63) is 52.3 Å². The van der Waals surface area contributed by atoms with Gasteiger partial charge in [-0.05, 0) is 12.1 Å². The van der Waals surface area contributed by atoms with Crippen molar-refractivity contribution in [1.29, 1.82) is 0 Å². The summed E-state index contributed by atoms with van der Waals surface area (Å²) in [5, 5.41) is 10.7. The molecule has 0 fully saturated rings. The number of nitro benzene ring substituents is 1. The summed E-state index contributed by atoms with van der Waals surface area (Å²) in [7, 11) is 0. The summed E-state index contributed by atoms with van der Waals surface area (Å²) in [5.74, 6) is 1.52. The van der Waals surface area contributed by atoms with E-state index < -0.39 is 4.92 Å². The Kier molecular flexibility index (Phi) is 2.95. The fourth-order valence-electron chi connectivity index (χ4n) is 1.67. The highest BCUT2D eigenvalue weighted by Crippen LogP contribution is 2.30. The van der Waals surface area contributed by atoms with Gasteiger partial charge in [0, 0.05) is 23.1 Å². The number of furan rings is 1. The van der Waals surface area contributed by atoms with Gasteiger partial charge in [0.1, 0.15) is 11.5 Å². The Hall–Kier alpha value is -2.10. The third kappa shape index (κ3) is 2.42. The van der Waals surface area contributed by atoms with Gasteiger partial charge in [0.2, 0.25) is 0 Å². The van der Waals surface area contributed by atoms with Crippen LogP contribution >= 0.6 is 0 Å². The van der Waals surface area contributed by atoms with Crippen molar-refractivity contribution in [1.82, 2.24) is 0 Å². The molecule has 4 heteroatoms. The maximum atomic E-state index is 10.7. The summed E-state index contributed by atoms with van der Waals surface area (Å²) in [6, 6.07) is 10.2. The molecule has 0 aliphatic rings. The van der Waals surface area contributed by atoms with Gasteiger partial charge in [-0.1, -0.05) is 32.9 Å². The zero-order valence-corrected chi connectivity index (χ0v) is 10.6. The van der Waals surface area contributed by atoms with Crippen LogP contribution in [0.25, 0.3) is 11.3 Å². The first-order valence-electron chi connectivity index (χ1n) is 5.73. The number of rotatable bonds is 2. The van der Waals surface area contributed by atoms with Crippen LogP contribution < -0.4 is 0 Å². The average molecular weight is 245 g/mol. The van der Waals surface area contributed by atoms with Gasteiger partial charge in [0.05, 0.1) is 4.92 Å². The molecule has 2 aromatic rings. The number of benzene rings is 1. The molecule has 94 valence electrons. The third-order valence-electron chi connectivity index (χ3n) is 2.69. The topological polar surface area (TPSA) is 56.3 Å². The average Bonchev–Trinajstić information content (AvgIpc) is 2.78.